The molecule has 1 aliphatic heterocycles. The minimum atomic E-state index is -0.621. The maximum Gasteiger partial charge on any atom is 0.343 e. The number of fused-ring (bicyclic) bond motifs is 2. The Labute approximate surface area is 202 Å². The molecule has 0 fully saturated rings. The molecule has 3 aromatic rings. The van der Waals surface area contributed by atoms with Gasteiger partial charge in [0, 0.05) is 28.3 Å². The molecule has 0 amide bonds. The SMILES string of the molecule is CCOC(=O)C1=C(C)NC2=C(C(=O)c3ccccc32)[C@@H]1c1ccc(OC(=O)c2ccccc2)cc1. The van der Waals surface area contributed by atoms with E-state index >= 15 is 0 Å². The van der Waals surface area contributed by atoms with Gasteiger partial charge in [0.15, 0.2) is 5.78 Å². The van der Waals surface area contributed by atoms with Crippen molar-refractivity contribution in [2.75, 3.05) is 6.61 Å². The molecule has 6 nitrogen and oxygen atoms in total. The van der Waals surface area contributed by atoms with E-state index in [1.165, 1.54) is 0 Å². The average Bonchev–Trinajstić information content (AvgIpc) is 3.16. The smallest absolute Gasteiger partial charge is 0.343 e. The number of benzene rings is 3. The standard InChI is InChI=1S/C29H23NO5/c1-3-34-29(33)23-17(2)30-26-21-11-7-8-12-22(21)27(31)25(26)24(23)18-13-15-20(16-14-18)35-28(32)19-9-5-4-6-10-19/h4-16,24,30H,3H2,1-2H3/t24-/m1/s1. The lowest BCUT2D eigenvalue weighted by atomic mass is 9.80. The van der Waals surface area contributed by atoms with Crippen LogP contribution in [0.1, 0.15) is 51.6 Å². The highest BCUT2D eigenvalue weighted by atomic mass is 16.5. The van der Waals surface area contributed by atoms with Crippen LogP contribution in [0.5, 0.6) is 5.75 Å². The van der Waals surface area contributed by atoms with Crippen molar-refractivity contribution in [2.24, 2.45) is 0 Å². The van der Waals surface area contributed by atoms with Gasteiger partial charge in [-0.25, -0.2) is 9.59 Å². The number of Topliss-reactive ketones (excluding diaryl/α,β-unsaturated/α-hetero) is 1. The molecule has 35 heavy (non-hydrogen) atoms. The number of ether oxygens (including phenoxy) is 2. The van der Waals surface area contributed by atoms with Gasteiger partial charge in [-0.2, -0.15) is 0 Å². The Hall–Kier alpha value is -4.45. The number of esters is 2. The van der Waals surface area contributed by atoms with Crippen LogP contribution >= 0.6 is 0 Å². The Morgan fingerprint density at radius 1 is 0.857 bits per heavy atom. The quantitative estimate of drug-likeness (QED) is 0.420. The summed E-state index contributed by atoms with van der Waals surface area (Å²) in [5.41, 5.74) is 4.82. The van der Waals surface area contributed by atoms with Crippen LogP contribution in [0.2, 0.25) is 0 Å². The van der Waals surface area contributed by atoms with Crippen molar-refractivity contribution in [2.45, 2.75) is 19.8 Å². The molecule has 174 valence electrons. The number of rotatable bonds is 5. The van der Waals surface area contributed by atoms with E-state index in [0.29, 0.717) is 39.4 Å². The van der Waals surface area contributed by atoms with Gasteiger partial charge in [0.2, 0.25) is 0 Å². The Kier molecular flexibility index (Phi) is 5.79. The minimum Gasteiger partial charge on any atom is -0.463 e. The molecule has 1 aliphatic carbocycles. The molecular weight excluding hydrogens is 442 g/mol. The molecule has 5 rings (SSSR count). The first kappa shape index (κ1) is 22.3. The maximum atomic E-state index is 13.5. The number of nitrogens with one attached hydrogen (secondary N) is 1. The van der Waals surface area contributed by atoms with Crippen molar-refractivity contribution in [1.82, 2.24) is 5.32 Å². The molecule has 2 aliphatic rings. The monoisotopic (exact) mass is 465 g/mol. The minimum absolute atomic E-state index is 0.123. The zero-order chi connectivity index (χ0) is 24.5. The van der Waals surface area contributed by atoms with Crippen molar-refractivity contribution < 1.29 is 23.9 Å². The summed E-state index contributed by atoms with van der Waals surface area (Å²) in [7, 11) is 0. The van der Waals surface area contributed by atoms with E-state index in [2.05, 4.69) is 5.32 Å². The van der Waals surface area contributed by atoms with E-state index in [4.69, 9.17) is 9.47 Å². The van der Waals surface area contributed by atoms with Gasteiger partial charge in [0.25, 0.3) is 0 Å². The summed E-state index contributed by atoms with van der Waals surface area (Å²) < 4.78 is 10.9. The van der Waals surface area contributed by atoms with Crippen LogP contribution in [0, 0.1) is 0 Å². The Morgan fingerprint density at radius 3 is 2.20 bits per heavy atom. The zero-order valence-electron chi connectivity index (χ0n) is 19.3. The fraction of sp³-hybridized carbons (Fsp3) is 0.138. The average molecular weight is 466 g/mol. The topological polar surface area (TPSA) is 81.7 Å². The van der Waals surface area contributed by atoms with Crippen LogP contribution in [-0.4, -0.2) is 24.3 Å². The summed E-state index contributed by atoms with van der Waals surface area (Å²) in [6, 6.07) is 23.0. The van der Waals surface area contributed by atoms with E-state index in [1.54, 1.807) is 61.5 Å². The van der Waals surface area contributed by atoms with Gasteiger partial charge in [-0.1, -0.05) is 54.6 Å². The molecule has 0 saturated heterocycles. The van der Waals surface area contributed by atoms with E-state index in [-0.39, 0.29) is 12.4 Å². The lowest BCUT2D eigenvalue weighted by Gasteiger charge is -2.29. The fourth-order valence-corrected chi connectivity index (χ4v) is 4.61. The van der Waals surface area contributed by atoms with Crippen LogP contribution < -0.4 is 10.1 Å². The van der Waals surface area contributed by atoms with Gasteiger partial charge in [0.1, 0.15) is 5.75 Å². The molecule has 0 aromatic heterocycles. The zero-order valence-corrected chi connectivity index (χ0v) is 19.3. The third kappa shape index (κ3) is 3.93. The van der Waals surface area contributed by atoms with Gasteiger partial charge in [-0.05, 0) is 43.7 Å². The molecule has 1 atom stereocenters. The summed E-state index contributed by atoms with van der Waals surface area (Å²) >= 11 is 0. The van der Waals surface area contributed by atoms with Gasteiger partial charge < -0.3 is 14.8 Å². The summed E-state index contributed by atoms with van der Waals surface area (Å²) in [5.74, 6) is -1.32. The first-order chi connectivity index (χ1) is 17.0. The molecular formula is C29H23NO5. The molecule has 0 spiro atoms. The van der Waals surface area contributed by atoms with Crippen LogP contribution in [0.25, 0.3) is 5.70 Å². The number of hydrogen-bond acceptors (Lipinski definition) is 6. The first-order valence-corrected chi connectivity index (χ1v) is 11.4. The van der Waals surface area contributed by atoms with E-state index in [0.717, 1.165) is 11.1 Å². The Balaban J connectivity index is 1.53. The van der Waals surface area contributed by atoms with E-state index in [9.17, 15) is 14.4 Å². The second kappa shape index (κ2) is 9.06. The lowest BCUT2D eigenvalue weighted by Crippen LogP contribution is -2.29. The Morgan fingerprint density at radius 2 is 1.51 bits per heavy atom. The van der Waals surface area contributed by atoms with Gasteiger partial charge >= 0.3 is 11.9 Å². The van der Waals surface area contributed by atoms with Crippen molar-refractivity contribution in [3.8, 4) is 5.75 Å². The van der Waals surface area contributed by atoms with E-state index < -0.39 is 17.9 Å². The second-order valence-electron chi connectivity index (χ2n) is 8.31. The van der Waals surface area contributed by atoms with E-state index in [1.807, 2.05) is 31.2 Å². The maximum absolute atomic E-state index is 13.5. The number of allylic oxidation sites excluding steroid dienone is 2. The highest BCUT2D eigenvalue weighted by Gasteiger charge is 2.42. The summed E-state index contributed by atoms with van der Waals surface area (Å²) in [5, 5.41) is 3.28. The molecule has 0 radical (unpaired) electrons. The predicted molar refractivity (Wildman–Crippen MR) is 131 cm³/mol. The molecule has 6 heteroatoms. The van der Waals surface area contributed by atoms with Gasteiger partial charge in [-0.3, -0.25) is 4.79 Å². The van der Waals surface area contributed by atoms with Crippen molar-refractivity contribution in [1.29, 1.82) is 0 Å². The predicted octanol–water partition coefficient (Wildman–Crippen LogP) is 5.04. The molecule has 1 heterocycles. The Bertz CT molecular complexity index is 1400. The van der Waals surface area contributed by atoms with Crippen molar-refractivity contribution >= 4 is 23.4 Å². The summed E-state index contributed by atoms with van der Waals surface area (Å²) in [6.45, 7) is 3.78. The third-order valence-electron chi connectivity index (χ3n) is 6.18. The number of carbonyl (C=O) groups is 3. The number of ketones is 1. The number of dihydropyridines is 1. The van der Waals surface area contributed by atoms with Gasteiger partial charge in [-0.15, -0.1) is 0 Å². The summed E-state index contributed by atoms with van der Waals surface area (Å²) in [4.78, 5) is 38.9. The molecule has 0 bridgehead atoms. The van der Waals surface area contributed by atoms with Crippen LogP contribution in [-0.2, 0) is 9.53 Å². The second-order valence-corrected chi connectivity index (χ2v) is 8.31. The molecule has 0 saturated carbocycles. The molecule has 3 aromatic carbocycles. The lowest BCUT2D eigenvalue weighted by molar-refractivity contribution is -0.138. The van der Waals surface area contributed by atoms with Crippen molar-refractivity contribution in [3.63, 3.8) is 0 Å². The van der Waals surface area contributed by atoms with Gasteiger partial charge in [0.05, 0.1) is 23.4 Å². The summed E-state index contributed by atoms with van der Waals surface area (Å²) in [6.07, 6.45) is 0. The fourth-order valence-electron chi connectivity index (χ4n) is 4.61. The normalized spacial score (nSPS) is 16.4. The highest BCUT2D eigenvalue weighted by Crippen LogP contribution is 2.46. The number of carbonyl (C=O) groups excluding carboxylic acids is 3. The van der Waals surface area contributed by atoms with Crippen LogP contribution in [0.3, 0.4) is 0 Å². The number of hydrogen-bond donors (Lipinski definition) is 1. The first-order valence-electron chi connectivity index (χ1n) is 11.4. The molecule has 1 N–H and O–H groups in total. The largest absolute Gasteiger partial charge is 0.463 e. The third-order valence-corrected chi connectivity index (χ3v) is 6.18. The molecule has 0 unspecified atom stereocenters. The highest BCUT2D eigenvalue weighted by molar-refractivity contribution is 6.23. The van der Waals surface area contributed by atoms with Crippen LogP contribution in [0.15, 0.2) is 95.7 Å². The van der Waals surface area contributed by atoms with Crippen molar-refractivity contribution in [3.05, 3.63) is 118 Å². The van der Waals surface area contributed by atoms with Crippen LogP contribution in [0.4, 0.5) is 0 Å².